The Morgan fingerprint density at radius 2 is 1.37 bits per heavy atom. The molecule has 0 bridgehead atoms. The number of unbranched alkanes of at least 4 members (excludes halogenated alkanes) is 2. The van der Waals surface area contributed by atoms with Gasteiger partial charge in [-0.1, -0.05) is 33.6 Å². The van der Waals surface area contributed by atoms with Crippen LogP contribution in [0.2, 0.25) is 0 Å². The van der Waals surface area contributed by atoms with Crippen LogP contribution < -0.4 is 14.2 Å². The van der Waals surface area contributed by atoms with E-state index in [0.29, 0.717) is 19.6 Å². The molecule has 0 saturated carbocycles. The molecule has 1 aromatic rings. The molecular formula is C22H34O8. The minimum atomic E-state index is -1.39. The van der Waals surface area contributed by atoms with Gasteiger partial charge in [-0.25, -0.2) is 9.59 Å². The number of hydrogen-bond acceptors (Lipinski definition) is 6. The Morgan fingerprint density at radius 1 is 0.833 bits per heavy atom. The van der Waals surface area contributed by atoms with Gasteiger partial charge >= 0.3 is 11.9 Å². The lowest BCUT2D eigenvalue weighted by Crippen LogP contribution is -2.21. The Kier molecular flexibility index (Phi) is 11.0. The quantitative estimate of drug-likeness (QED) is 0.305. The molecule has 0 aliphatic heterocycles. The number of rotatable bonds is 15. The first kappa shape index (κ1) is 25.6. The summed E-state index contributed by atoms with van der Waals surface area (Å²) in [5, 5.41) is 19.7. The van der Waals surface area contributed by atoms with E-state index in [-0.39, 0.29) is 41.4 Å². The van der Waals surface area contributed by atoms with E-state index in [0.717, 1.165) is 19.3 Å². The Bertz CT molecular complexity index is 714. The van der Waals surface area contributed by atoms with E-state index in [1.54, 1.807) is 13.8 Å². The van der Waals surface area contributed by atoms with Crippen molar-refractivity contribution in [1.29, 1.82) is 0 Å². The lowest BCUT2D eigenvalue weighted by Gasteiger charge is -2.25. The second-order valence-corrected chi connectivity index (χ2v) is 6.72. The van der Waals surface area contributed by atoms with Crippen molar-refractivity contribution in [2.45, 2.75) is 73.0 Å². The fraction of sp³-hybridized carbons (Fsp3) is 0.636. The van der Waals surface area contributed by atoms with Crippen LogP contribution in [0.4, 0.5) is 0 Å². The third kappa shape index (κ3) is 6.52. The van der Waals surface area contributed by atoms with Gasteiger partial charge in [-0.05, 0) is 33.1 Å². The van der Waals surface area contributed by atoms with E-state index in [2.05, 4.69) is 0 Å². The third-order valence-corrected chi connectivity index (χ3v) is 4.42. The van der Waals surface area contributed by atoms with Crippen molar-refractivity contribution in [3.8, 4) is 17.2 Å². The maximum atomic E-state index is 12.1. The molecule has 0 heterocycles. The van der Waals surface area contributed by atoms with Crippen molar-refractivity contribution in [2.75, 3.05) is 19.8 Å². The lowest BCUT2D eigenvalue weighted by atomic mass is 9.95. The molecule has 0 spiro atoms. The molecule has 0 radical (unpaired) electrons. The second-order valence-electron chi connectivity index (χ2n) is 6.72. The van der Waals surface area contributed by atoms with Gasteiger partial charge in [-0.2, -0.15) is 0 Å². The van der Waals surface area contributed by atoms with Crippen molar-refractivity contribution in [1.82, 2.24) is 0 Å². The molecule has 0 saturated heterocycles. The molecule has 1 unspecified atom stereocenters. The topological polar surface area (TPSA) is 112 Å². The van der Waals surface area contributed by atoms with Crippen LogP contribution in [0.15, 0.2) is 0 Å². The van der Waals surface area contributed by atoms with Crippen molar-refractivity contribution in [3.05, 3.63) is 16.7 Å². The average Bonchev–Trinajstić information content (AvgIpc) is 2.69. The monoisotopic (exact) mass is 426 g/mol. The molecule has 2 N–H and O–H groups in total. The van der Waals surface area contributed by atoms with Gasteiger partial charge in [0.2, 0.25) is 5.75 Å². The standard InChI is InChI=1S/C22H34O8/c1-6-10-12-28-19-17(22(25)26)16(21(23)24)15(8-3)18(30-14(5)27-9-4)20(19)29-13-11-7-2/h14H,6-13H2,1-5H3,(H,23,24)(H,25,26). The van der Waals surface area contributed by atoms with Gasteiger partial charge in [0, 0.05) is 12.2 Å². The number of carboxylic acid groups (broad SMARTS) is 2. The van der Waals surface area contributed by atoms with E-state index in [1.165, 1.54) is 0 Å². The SMILES string of the molecule is CCCCOc1c(OC(C)OCC)c(CC)c(C(=O)O)c(C(=O)O)c1OCCCC. The second kappa shape index (κ2) is 13.0. The summed E-state index contributed by atoms with van der Waals surface area (Å²) in [6, 6.07) is 0. The van der Waals surface area contributed by atoms with Gasteiger partial charge < -0.3 is 29.2 Å². The predicted octanol–water partition coefficient (Wildman–Crippen LogP) is 4.76. The van der Waals surface area contributed by atoms with Crippen LogP contribution in [-0.4, -0.2) is 48.3 Å². The minimum absolute atomic E-state index is 0.111. The zero-order chi connectivity index (χ0) is 22.7. The molecule has 30 heavy (non-hydrogen) atoms. The molecule has 0 aliphatic carbocycles. The average molecular weight is 427 g/mol. The summed E-state index contributed by atoms with van der Waals surface area (Å²) in [5.41, 5.74) is -0.530. The molecule has 8 nitrogen and oxygen atoms in total. The van der Waals surface area contributed by atoms with Crippen LogP contribution in [0, 0.1) is 0 Å². The van der Waals surface area contributed by atoms with Crippen molar-refractivity contribution < 1.29 is 38.7 Å². The van der Waals surface area contributed by atoms with Crippen LogP contribution in [0.3, 0.4) is 0 Å². The zero-order valence-corrected chi connectivity index (χ0v) is 18.6. The Balaban J connectivity index is 3.81. The maximum absolute atomic E-state index is 12.1. The Morgan fingerprint density at radius 3 is 1.80 bits per heavy atom. The molecule has 8 heteroatoms. The summed E-state index contributed by atoms with van der Waals surface area (Å²) < 4.78 is 23.1. The molecule has 0 aromatic heterocycles. The number of carboxylic acids is 2. The highest BCUT2D eigenvalue weighted by Crippen LogP contribution is 2.47. The summed E-state index contributed by atoms with van der Waals surface area (Å²) >= 11 is 0. The molecule has 0 fully saturated rings. The van der Waals surface area contributed by atoms with Crippen LogP contribution in [-0.2, 0) is 11.2 Å². The van der Waals surface area contributed by atoms with E-state index in [1.807, 2.05) is 20.8 Å². The summed E-state index contributed by atoms with van der Waals surface area (Å²) in [6.07, 6.45) is 2.66. The van der Waals surface area contributed by atoms with Gasteiger partial charge in [-0.3, -0.25) is 0 Å². The number of carbonyl (C=O) groups is 2. The third-order valence-electron chi connectivity index (χ3n) is 4.42. The van der Waals surface area contributed by atoms with Crippen LogP contribution in [0.25, 0.3) is 0 Å². The van der Waals surface area contributed by atoms with Gasteiger partial charge in [-0.15, -0.1) is 0 Å². The van der Waals surface area contributed by atoms with Crippen molar-refractivity contribution >= 4 is 11.9 Å². The molecule has 1 aromatic carbocycles. The van der Waals surface area contributed by atoms with Gasteiger partial charge in [0.15, 0.2) is 17.8 Å². The molecule has 170 valence electrons. The molecule has 0 amide bonds. The molecular weight excluding hydrogens is 392 g/mol. The first-order valence-corrected chi connectivity index (χ1v) is 10.6. The molecule has 0 aliphatic rings. The lowest BCUT2D eigenvalue weighted by molar-refractivity contribution is -0.0632. The highest BCUT2D eigenvalue weighted by molar-refractivity contribution is 6.06. The van der Waals surface area contributed by atoms with Gasteiger partial charge in [0.1, 0.15) is 5.56 Å². The van der Waals surface area contributed by atoms with Gasteiger partial charge in [0.05, 0.1) is 18.8 Å². The molecule has 1 rings (SSSR count). The predicted molar refractivity (Wildman–Crippen MR) is 112 cm³/mol. The first-order chi connectivity index (χ1) is 14.3. The van der Waals surface area contributed by atoms with E-state index < -0.39 is 23.8 Å². The van der Waals surface area contributed by atoms with Crippen molar-refractivity contribution in [2.24, 2.45) is 0 Å². The van der Waals surface area contributed by atoms with Crippen LogP contribution in [0.5, 0.6) is 17.2 Å². The number of ether oxygens (including phenoxy) is 4. The minimum Gasteiger partial charge on any atom is -0.489 e. The number of hydrogen-bond donors (Lipinski definition) is 2. The van der Waals surface area contributed by atoms with E-state index in [9.17, 15) is 19.8 Å². The smallest absolute Gasteiger partial charge is 0.340 e. The van der Waals surface area contributed by atoms with E-state index in [4.69, 9.17) is 18.9 Å². The fourth-order valence-electron chi connectivity index (χ4n) is 2.97. The summed E-state index contributed by atoms with van der Waals surface area (Å²) in [4.78, 5) is 24.2. The normalized spacial score (nSPS) is 11.8. The van der Waals surface area contributed by atoms with Gasteiger partial charge in [0.25, 0.3) is 0 Å². The summed E-state index contributed by atoms with van der Waals surface area (Å²) in [7, 11) is 0. The highest BCUT2D eigenvalue weighted by Gasteiger charge is 2.34. The maximum Gasteiger partial charge on any atom is 0.340 e. The first-order valence-electron chi connectivity index (χ1n) is 10.6. The molecule has 1 atom stereocenters. The highest BCUT2D eigenvalue weighted by atomic mass is 16.7. The number of benzene rings is 1. The number of aromatic carboxylic acids is 2. The van der Waals surface area contributed by atoms with Crippen LogP contribution >= 0.6 is 0 Å². The van der Waals surface area contributed by atoms with E-state index >= 15 is 0 Å². The Labute approximate surface area is 178 Å². The Hall–Kier alpha value is -2.48. The van der Waals surface area contributed by atoms with Crippen molar-refractivity contribution in [3.63, 3.8) is 0 Å². The van der Waals surface area contributed by atoms with Crippen LogP contribution in [0.1, 0.15) is 86.6 Å². The fourth-order valence-corrected chi connectivity index (χ4v) is 2.97. The summed E-state index contributed by atoms with van der Waals surface area (Å²) in [6.45, 7) is 10.1. The summed E-state index contributed by atoms with van der Waals surface area (Å²) in [5.74, 6) is -2.59. The zero-order valence-electron chi connectivity index (χ0n) is 18.6. The largest absolute Gasteiger partial charge is 0.489 e.